The second-order valence-electron chi connectivity index (χ2n) is 10.6. The van der Waals surface area contributed by atoms with Gasteiger partial charge in [-0.25, -0.2) is 0 Å². The summed E-state index contributed by atoms with van der Waals surface area (Å²) in [5.74, 6) is 2.71. The number of aliphatic hydroxyl groups is 2. The molecule has 2 N–H and O–H groups in total. The monoisotopic (exact) mass is 808 g/mol. The molecule has 8 heteroatoms. The summed E-state index contributed by atoms with van der Waals surface area (Å²) in [6, 6.07) is 3.95. The van der Waals surface area contributed by atoms with E-state index in [9.17, 15) is 10.2 Å². The molecule has 0 spiro atoms. The molecule has 45 heavy (non-hydrogen) atoms. The molecule has 2 aromatic rings. The molecule has 6 nitrogen and oxygen atoms in total. The molecule has 0 saturated carbocycles. The van der Waals surface area contributed by atoms with Gasteiger partial charge in [0.15, 0.2) is 0 Å². The van der Waals surface area contributed by atoms with Crippen LogP contribution in [0.1, 0.15) is 77.8 Å². The van der Waals surface area contributed by atoms with Gasteiger partial charge in [-0.2, -0.15) is 0 Å². The number of allylic oxidation sites excluding steroid dienone is 4. The third-order valence-corrected chi connectivity index (χ3v) is 9.55. The fraction of sp³-hybridized carbons (Fsp3) is 0.324. The average molecular weight is 807 g/mol. The molecule has 1 aromatic heterocycles. The molecule has 3 rings (SSSR count). The fourth-order valence-electron chi connectivity index (χ4n) is 5.38. The van der Waals surface area contributed by atoms with E-state index in [4.69, 9.17) is 18.9 Å². The second-order valence-corrected chi connectivity index (χ2v) is 12.7. The number of rotatable bonds is 15. The van der Waals surface area contributed by atoms with Crippen LogP contribution >= 0.6 is 11.3 Å². The van der Waals surface area contributed by atoms with E-state index in [-0.39, 0.29) is 10.0 Å². The molecule has 0 amide bonds. The van der Waals surface area contributed by atoms with Crippen molar-refractivity contribution in [2.24, 2.45) is 0 Å². The normalized spacial score (nSPS) is 14.0. The Hall–Kier alpha value is -3.43. The van der Waals surface area contributed by atoms with Crippen LogP contribution in [0.3, 0.4) is 0 Å². The van der Waals surface area contributed by atoms with Crippen LogP contribution in [0.5, 0.6) is 0 Å². The summed E-state index contributed by atoms with van der Waals surface area (Å²) >= 11 is 3.08. The van der Waals surface area contributed by atoms with E-state index in [1.165, 1.54) is 23.7 Å². The summed E-state index contributed by atoms with van der Waals surface area (Å²) < 4.78 is 22.9. The van der Waals surface area contributed by atoms with E-state index >= 15 is 0 Å². The van der Waals surface area contributed by atoms with Crippen LogP contribution in [0.2, 0.25) is 0 Å². The van der Waals surface area contributed by atoms with Gasteiger partial charge in [-0.15, -0.1) is 0 Å². The topological polar surface area (TPSA) is 77.4 Å². The van der Waals surface area contributed by atoms with Crippen LogP contribution in [-0.4, -0.2) is 42.9 Å². The predicted octanol–water partition coefficient (Wildman–Crippen LogP) is 9.18. The van der Waals surface area contributed by atoms with Gasteiger partial charge in [0.05, 0.1) is 0 Å². The molecule has 0 bridgehead atoms. The Morgan fingerprint density at radius 2 is 1.73 bits per heavy atom. The molecule has 0 saturated heterocycles. The number of aliphatic hydroxyl groups excluding tert-OH is 2. The van der Waals surface area contributed by atoms with E-state index in [0.29, 0.717) is 35.7 Å². The van der Waals surface area contributed by atoms with Crippen molar-refractivity contribution in [1.29, 1.82) is 0 Å². The van der Waals surface area contributed by atoms with Gasteiger partial charge in [-0.3, -0.25) is 0 Å². The summed E-state index contributed by atoms with van der Waals surface area (Å²) in [6.07, 6.45) is 11.7. The third-order valence-electron chi connectivity index (χ3n) is 7.75. The Morgan fingerprint density at radius 3 is 2.29 bits per heavy atom. The number of benzene rings is 1. The molecule has 0 aliphatic heterocycles. The van der Waals surface area contributed by atoms with Gasteiger partial charge in [-0.05, 0) is 0 Å². The summed E-state index contributed by atoms with van der Waals surface area (Å²) in [4.78, 5) is 0.981. The van der Waals surface area contributed by atoms with Gasteiger partial charge >= 0.3 is 283 Å². The number of methoxy groups -OCH3 is 4. The zero-order valence-corrected chi connectivity index (χ0v) is 30.6. The Kier molecular flexibility index (Phi) is 13.4. The van der Waals surface area contributed by atoms with Gasteiger partial charge in [0.1, 0.15) is 0 Å². The molecule has 1 aliphatic rings. The quantitative estimate of drug-likeness (QED) is 0.175. The van der Waals surface area contributed by atoms with Crippen molar-refractivity contribution in [2.45, 2.75) is 52.9 Å². The third kappa shape index (κ3) is 8.44. The first-order chi connectivity index (χ1) is 21.5. The van der Waals surface area contributed by atoms with Crippen LogP contribution in [0.4, 0.5) is 0 Å². The van der Waals surface area contributed by atoms with E-state index in [1.807, 2.05) is 50.3 Å². The molecule has 1 heterocycles. The number of hydrogen-bond acceptors (Lipinski definition) is 7. The predicted molar refractivity (Wildman–Crippen MR) is 183 cm³/mol. The molecule has 1 aliphatic carbocycles. The van der Waals surface area contributed by atoms with Crippen LogP contribution in [0.25, 0.3) is 23.2 Å². The summed E-state index contributed by atoms with van der Waals surface area (Å²) in [6.45, 7) is 14.5. The van der Waals surface area contributed by atoms with Crippen LogP contribution in [0.15, 0.2) is 77.3 Å². The van der Waals surface area contributed by atoms with Gasteiger partial charge in [0.2, 0.25) is 0 Å². The first kappa shape index (κ1) is 36.0. The van der Waals surface area contributed by atoms with E-state index < -0.39 is 0 Å². The van der Waals surface area contributed by atoms with Crippen LogP contribution in [0, 0.1) is 6.92 Å². The molecule has 0 radical (unpaired) electrons. The van der Waals surface area contributed by atoms with E-state index in [0.717, 1.165) is 68.9 Å². The van der Waals surface area contributed by atoms with Gasteiger partial charge < -0.3 is 0 Å². The van der Waals surface area contributed by atoms with Crippen molar-refractivity contribution < 1.29 is 47.3 Å². The maximum atomic E-state index is 11.0. The van der Waals surface area contributed by atoms with Crippen molar-refractivity contribution in [3.63, 3.8) is 0 Å². The number of ether oxygens (including phenoxy) is 4. The molecule has 242 valence electrons. The summed E-state index contributed by atoms with van der Waals surface area (Å²) in [5.41, 5.74) is 7.91. The molecular weight excluding hydrogens is 763 g/mol. The Bertz CT molecular complexity index is 1620. The van der Waals surface area contributed by atoms with Crippen LogP contribution in [-0.2, 0) is 43.5 Å². The molecule has 0 atom stereocenters. The number of unbranched alkanes of at least 4 members (excludes halogenated alkanes) is 1. The molecule has 0 fully saturated rings. The minimum absolute atomic E-state index is 0.00167. The van der Waals surface area contributed by atoms with E-state index in [2.05, 4.69) is 25.5 Å². The van der Waals surface area contributed by atoms with Gasteiger partial charge in [-0.1, -0.05) is 0 Å². The Morgan fingerprint density at radius 1 is 1.02 bits per heavy atom. The van der Waals surface area contributed by atoms with Crippen molar-refractivity contribution in [3.8, 4) is 0 Å². The Balaban J connectivity index is 2.25. The molecule has 1 aromatic carbocycles. The molecule has 0 unspecified atom stereocenters. The van der Waals surface area contributed by atoms with E-state index in [1.54, 1.807) is 39.8 Å². The zero-order valence-electron chi connectivity index (χ0n) is 27.3. The first-order valence-corrected chi connectivity index (χ1v) is 16.9. The summed E-state index contributed by atoms with van der Waals surface area (Å²) in [5, 5.41) is 23.6. The van der Waals surface area contributed by atoms with Crippen LogP contribution < -0.4 is 0 Å². The van der Waals surface area contributed by atoms with Crippen molar-refractivity contribution in [2.75, 3.05) is 28.4 Å². The number of hydrogen-bond donors (Lipinski definition) is 2. The maximum absolute atomic E-state index is 11.0. The SMILES string of the molecule is C=C(O)c1cc(C(=C)c2c(CCCC)csc2/C=C(\CC2=C(OC)CC=C(OC)C(OC)=C2)[C](O)=[Os])c(/C(=C\C)OC)cc1C. The van der Waals surface area contributed by atoms with Gasteiger partial charge in [0.25, 0.3) is 0 Å². The second kappa shape index (κ2) is 16.8. The van der Waals surface area contributed by atoms with Crippen molar-refractivity contribution in [1.82, 2.24) is 0 Å². The fourth-order valence-corrected chi connectivity index (χ4v) is 6.87. The zero-order chi connectivity index (χ0) is 33.3. The van der Waals surface area contributed by atoms with Gasteiger partial charge in [0, 0.05) is 0 Å². The molecular formula is C37H44O6OsS. The number of thiophene rings is 1. The number of aryl methyl sites for hydroxylation is 2. The minimum atomic E-state index is -0.00167. The average Bonchev–Trinajstić information content (AvgIpc) is 3.33. The first-order valence-electron chi connectivity index (χ1n) is 14.8. The Labute approximate surface area is 281 Å². The summed E-state index contributed by atoms with van der Waals surface area (Å²) in [7, 11) is 6.52. The standard InChI is InChI=1S/C37H44O6S.Os/c1-10-12-13-27-22-44-36(18-26(21-38)17-28-19-35(43-9)34(42-8)15-14-33(28)41-7)37(27)24(4)30-20-29(25(5)39)23(3)16-31(30)32(11-2)40-6;/h11,15-16,18-20,22,38-39H,4-5,10,12-14,17H2,1-3,6-9H3;/b26-18+,32-11+;. The van der Waals surface area contributed by atoms with Crippen molar-refractivity contribution in [3.05, 3.63) is 116 Å². The van der Waals surface area contributed by atoms with Crippen molar-refractivity contribution >= 4 is 38.8 Å².